The SMILES string of the molecule is C#C/C=C(O)\C(C)=C/CC(CC(c1ccccc1)c1cc(C)c(O)cc1C)c1cc(C)c(O)cc1C. The molecular formula is C33H36O3. The molecule has 0 amide bonds. The van der Waals surface area contributed by atoms with E-state index in [1.165, 1.54) is 22.8 Å². The number of aliphatic hydroxyl groups is 1. The lowest BCUT2D eigenvalue weighted by atomic mass is 9.77. The number of terminal acetylenes is 1. The van der Waals surface area contributed by atoms with Crippen molar-refractivity contribution in [1.29, 1.82) is 0 Å². The maximum absolute atomic E-state index is 10.3. The molecule has 0 aliphatic rings. The van der Waals surface area contributed by atoms with Gasteiger partial charge in [0.05, 0.1) is 0 Å². The summed E-state index contributed by atoms with van der Waals surface area (Å²) in [6, 6.07) is 18.3. The maximum Gasteiger partial charge on any atom is 0.126 e. The molecule has 3 heteroatoms. The Hall–Kier alpha value is -3.90. The molecule has 3 aromatic carbocycles. The summed E-state index contributed by atoms with van der Waals surface area (Å²) >= 11 is 0. The second-order valence-corrected chi connectivity index (χ2v) is 9.71. The number of aliphatic hydroxyl groups excluding tert-OH is 1. The van der Waals surface area contributed by atoms with Crippen LogP contribution in [0.15, 0.2) is 78.1 Å². The van der Waals surface area contributed by atoms with Gasteiger partial charge < -0.3 is 15.3 Å². The Balaban J connectivity index is 2.14. The number of aryl methyl sites for hydroxylation is 4. The summed E-state index contributed by atoms with van der Waals surface area (Å²) in [5, 5.41) is 30.8. The quantitative estimate of drug-likeness (QED) is 0.174. The van der Waals surface area contributed by atoms with Crippen LogP contribution in [0.4, 0.5) is 0 Å². The molecule has 3 N–H and O–H groups in total. The normalized spacial score (nSPS) is 13.8. The highest BCUT2D eigenvalue weighted by molar-refractivity contribution is 5.47. The van der Waals surface area contributed by atoms with Crippen LogP contribution in [0.25, 0.3) is 0 Å². The molecule has 0 aliphatic carbocycles. The lowest BCUT2D eigenvalue weighted by molar-refractivity contribution is 0.423. The van der Waals surface area contributed by atoms with E-state index in [2.05, 4.69) is 42.3 Å². The molecule has 186 valence electrons. The smallest absolute Gasteiger partial charge is 0.126 e. The molecule has 0 spiro atoms. The van der Waals surface area contributed by atoms with Crippen molar-refractivity contribution in [3.05, 3.63) is 117 Å². The average Bonchev–Trinajstić information content (AvgIpc) is 2.85. The van der Waals surface area contributed by atoms with Crippen LogP contribution in [0.2, 0.25) is 0 Å². The van der Waals surface area contributed by atoms with Crippen LogP contribution in [0.1, 0.15) is 70.5 Å². The van der Waals surface area contributed by atoms with Gasteiger partial charge in [-0.1, -0.05) is 54.5 Å². The van der Waals surface area contributed by atoms with E-state index in [1.54, 1.807) is 0 Å². The van der Waals surface area contributed by atoms with Crippen molar-refractivity contribution in [3.63, 3.8) is 0 Å². The molecule has 0 saturated carbocycles. The molecule has 2 unspecified atom stereocenters. The van der Waals surface area contributed by atoms with E-state index in [1.807, 2.05) is 58.9 Å². The van der Waals surface area contributed by atoms with Crippen molar-refractivity contribution in [3.8, 4) is 23.8 Å². The lowest BCUT2D eigenvalue weighted by Crippen LogP contribution is -2.11. The second-order valence-electron chi connectivity index (χ2n) is 9.71. The molecule has 2 atom stereocenters. The van der Waals surface area contributed by atoms with Gasteiger partial charge >= 0.3 is 0 Å². The summed E-state index contributed by atoms with van der Waals surface area (Å²) in [4.78, 5) is 0. The van der Waals surface area contributed by atoms with Crippen LogP contribution >= 0.6 is 0 Å². The van der Waals surface area contributed by atoms with Crippen LogP contribution in [-0.4, -0.2) is 15.3 Å². The number of phenolic OH excluding ortho intramolecular Hbond substituents is 2. The second kappa shape index (κ2) is 11.7. The minimum Gasteiger partial charge on any atom is -0.508 e. The van der Waals surface area contributed by atoms with Gasteiger partial charge in [-0.2, -0.15) is 0 Å². The van der Waals surface area contributed by atoms with Crippen molar-refractivity contribution in [2.24, 2.45) is 0 Å². The fraction of sp³-hybridized carbons (Fsp3) is 0.273. The third-order valence-electron chi connectivity index (χ3n) is 7.04. The third kappa shape index (κ3) is 6.20. The Kier molecular flexibility index (Phi) is 8.67. The van der Waals surface area contributed by atoms with Gasteiger partial charge in [0.1, 0.15) is 17.3 Å². The Morgan fingerprint density at radius 2 is 1.42 bits per heavy atom. The van der Waals surface area contributed by atoms with Crippen LogP contribution in [0.5, 0.6) is 11.5 Å². The van der Waals surface area contributed by atoms with Crippen molar-refractivity contribution in [2.45, 2.75) is 59.3 Å². The molecule has 3 rings (SSSR count). The van der Waals surface area contributed by atoms with Crippen LogP contribution < -0.4 is 0 Å². The van der Waals surface area contributed by atoms with Gasteiger partial charge in [-0.3, -0.25) is 0 Å². The number of aromatic hydroxyl groups is 2. The number of hydrogen-bond acceptors (Lipinski definition) is 3. The van der Waals surface area contributed by atoms with Crippen LogP contribution in [-0.2, 0) is 0 Å². The Morgan fingerprint density at radius 1 is 0.861 bits per heavy atom. The van der Waals surface area contributed by atoms with Gasteiger partial charge in [0.15, 0.2) is 0 Å². The van der Waals surface area contributed by atoms with E-state index in [0.717, 1.165) is 34.2 Å². The first-order valence-electron chi connectivity index (χ1n) is 12.3. The van der Waals surface area contributed by atoms with Gasteiger partial charge in [-0.05, 0) is 110 Å². The van der Waals surface area contributed by atoms with Crippen LogP contribution in [0.3, 0.4) is 0 Å². The largest absolute Gasteiger partial charge is 0.508 e. The topological polar surface area (TPSA) is 60.7 Å². The highest BCUT2D eigenvalue weighted by atomic mass is 16.3. The number of allylic oxidation sites excluding steroid dienone is 3. The molecule has 0 aromatic heterocycles. The summed E-state index contributed by atoms with van der Waals surface area (Å²) in [6.07, 6.45) is 10.2. The lowest BCUT2D eigenvalue weighted by Gasteiger charge is -2.27. The van der Waals surface area contributed by atoms with E-state index in [-0.39, 0.29) is 17.6 Å². The van der Waals surface area contributed by atoms with E-state index in [9.17, 15) is 15.3 Å². The molecule has 0 bridgehead atoms. The first-order valence-corrected chi connectivity index (χ1v) is 12.3. The molecule has 0 saturated heterocycles. The predicted molar refractivity (Wildman–Crippen MR) is 149 cm³/mol. The van der Waals surface area contributed by atoms with Crippen molar-refractivity contribution >= 4 is 0 Å². The van der Waals surface area contributed by atoms with E-state index in [0.29, 0.717) is 17.9 Å². The molecule has 3 aromatic rings. The number of hydrogen-bond donors (Lipinski definition) is 3. The Labute approximate surface area is 215 Å². The van der Waals surface area contributed by atoms with Gasteiger partial charge in [-0.15, -0.1) is 6.42 Å². The van der Waals surface area contributed by atoms with Gasteiger partial charge in [0.25, 0.3) is 0 Å². The average molecular weight is 481 g/mol. The Bertz CT molecular complexity index is 1320. The molecular weight excluding hydrogens is 444 g/mol. The predicted octanol–water partition coefficient (Wildman–Crippen LogP) is 8.05. The van der Waals surface area contributed by atoms with Crippen molar-refractivity contribution < 1.29 is 15.3 Å². The van der Waals surface area contributed by atoms with E-state index in [4.69, 9.17) is 6.42 Å². The standard InChI is InChI=1S/C33H36O3/c1-7-11-31(34)21(2)14-15-27(28-16-24(5)32(35)18-22(28)3)20-30(26-12-9-8-10-13-26)29-17-25(6)33(36)19-23(29)4/h1,8-14,16-19,27,30,34-36H,15,20H2,2-6H3/b21-14-,31-11+. The van der Waals surface area contributed by atoms with Crippen molar-refractivity contribution in [2.75, 3.05) is 0 Å². The third-order valence-corrected chi connectivity index (χ3v) is 7.04. The fourth-order valence-electron chi connectivity index (χ4n) is 4.84. The first kappa shape index (κ1) is 26.7. The van der Waals surface area contributed by atoms with Gasteiger partial charge in [0.2, 0.25) is 0 Å². The first-order chi connectivity index (χ1) is 17.1. The molecule has 36 heavy (non-hydrogen) atoms. The maximum atomic E-state index is 10.3. The fourth-order valence-corrected chi connectivity index (χ4v) is 4.84. The summed E-state index contributed by atoms with van der Waals surface area (Å²) in [7, 11) is 0. The van der Waals surface area contributed by atoms with Gasteiger partial charge in [0, 0.05) is 12.0 Å². The monoisotopic (exact) mass is 480 g/mol. The number of rotatable bonds is 8. The summed E-state index contributed by atoms with van der Waals surface area (Å²) in [5.41, 5.74) is 8.07. The zero-order chi connectivity index (χ0) is 26.4. The highest BCUT2D eigenvalue weighted by Gasteiger charge is 2.24. The van der Waals surface area contributed by atoms with Crippen molar-refractivity contribution in [1.82, 2.24) is 0 Å². The minimum absolute atomic E-state index is 0.0903. The summed E-state index contributed by atoms with van der Waals surface area (Å²) in [5.74, 6) is 3.27. The minimum atomic E-state index is 0.0903. The molecule has 0 radical (unpaired) electrons. The zero-order valence-electron chi connectivity index (χ0n) is 21.8. The Morgan fingerprint density at radius 3 is 2.00 bits per heavy atom. The summed E-state index contributed by atoms with van der Waals surface area (Å²) in [6.45, 7) is 9.78. The summed E-state index contributed by atoms with van der Waals surface area (Å²) < 4.78 is 0. The molecule has 0 heterocycles. The van der Waals surface area contributed by atoms with Crippen LogP contribution in [0, 0.1) is 40.0 Å². The zero-order valence-corrected chi connectivity index (χ0v) is 21.8. The number of phenols is 2. The van der Waals surface area contributed by atoms with Gasteiger partial charge in [-0.25, -0.2) is 0 Å². The molecule has 3 nitrogen and oxygen atoms in total. The highest BCUT2D eigenvalue weighted by Crippen LogP contribution is 2.41. The molecule has 0 fully saturated rings. The van der Waals surface area contributed by atoms with E-state index >= 15 is 0 Å². The number of benzene rings is 3. The molecule has 0 aliphatic heterocycles. The van der Waals surface area contributed by atoms with E-state index < -0.39 is 0 Å².